The second-order valence-corrected chi connectivity index (χ2v) is 6.45. The standard InChI is InChI=1S/C17H17N3O3S/c1-10-11(2)24-17-14(10)16(19-9-20-17)23-13-5-3-12(4-6-13)15(22)18-7-8-21/h3-6,9,21H,7-8H2,1-2H3,(H,18,22). The second-order valence-electron chi connectivity index (χ2n) is 5.25. The predicted molar refractivity (Wildman–Crippen MR) is 92.8 cm³/mol. The maximum atomic E-state index is 11.8. The molecule has 2 aromatic heterocycles. The molecule has 0 aliphatic carbocycles. The van der Waals surface area contributed by atoms with Crippen molar-refractivity contribution >= 4 is 27.5 Å². The van der Waals surface area contributed by atoms with Crippen LogP contribution >= 0.6 is 11.3 Å². The van der Waals surface area contributed by atoms with Crippen LogP contribution in [0.5, 0.6) is 11.6 Å². The van der Waals surface area contributed by atoms with E-state index in [0.717, 1.165) is 15.8 Å². The number of carbonyl (C=O) groups is 1. The van der Waals surface area contributed by atoms with Crippen LogP contribution in [0.25, 0.3) is 10.2 Å². The van der Waals surface area contributed by atoms with Gasteiger partial charge >= 0.3 is 0 Å². The Bertz CT molecular complexity index is 875. The molecule has 7 heteroatoms. The molecule has 3 aromatic rings. The van der Waals surface area contributed by atoms with Crippen molar-refractivity contribution in [2.45, 2.75) is 13.8 Å². The lowest BCUT2D eigenvalue weighted by Gasteiger charge is -2.07. The number of hydrogen-bond acceptors (Lipinski definition) is 6. The minimum atomic E-state index is -0.232. The minimum Gasteiger partial charge on any atom is -0.438 e. The van der Waals surface area contributed by atoms with Crippen molar-refractivity contribution in [1.82, 2.24) is 15.3 Å². The van der Waals surface area contributed by atoms with E-state index in [-0.39, 0.29) is 19.1 Å². The normalized spacial score (nSPS) is 10.8. The number of amides is 1. The van der Waals surface area contributed by atoms with Gasteiger partial charge in [0.1, 0.15) is 16.9 Å². The number of thiophene rings is 1. The highest BCUT2D eigenvalue weighted by atomic mass is 32.1. The average Bonchev–Trinajstić information content (AvgIpc) is 2.89. The van der Waals surface area contributed by atoms with E-state index >= 15 is 0 Å². The second kappa shape index (κ2) is 6.94. The molecule has 24 heavy (non-hydrogen) atoms. The molecule has 0 unspecified atom stereocenters. The molecule has 0 saturated heterocycles. The van der Waals surface area contributed by atoms with Crippen molar-refractivity contribution in [1.29, 1.82) is 0 Å². The molecule has 0 saturated carbocycles. The molecule has 0 fully saturated rings. The first-order chi connectivity index (χ1) is 11.6. The number of aliphatic hydroxyl groups is 1. The Kier molecular flexibility index (Phi) is 4.73. The van der Waals surface area contributed by atoms with E-state index in [1.807, 2.05) is 13.8 Å². The molecule has 3 rings (SSSR count). The van der Waals surface area contributed by atoms with Gasteiger partial charge in [0, 0.05) is 17.0 Å². The van der Waals surface area contributed by atoms with Gasteiger partial charge in [-0.25, -0.2) is 9.97 Å². The van der Waals surface area contributed by atoms with Crippen molar-refractivity contribution in [2.75, 3.05) is 13.2 Å². The highest BCUT2D eigenvalue weighted by Gasteiger charge is 2.14. The Hall–Kier alpha value is -2.51. The van der Waals surface area contributed by atoms with E-state index in [0.29, 0.717) is 17.2 Å². The van der Waals surface area contributed by atoms with Gasteiger partial charge in [-0.2, -0.15) is 0 Å². The maximum Gasteiger partial charge on any atom is 0.251 e. The monoisotopic (exact) mass is 343 g/mol. The van der Waals surface area contributed by atoms with Gasteiger partial charge in [-0.05, 0) is 43.7 Å². The Balaban J connectivity index is 1.83. The van der Waals surface area contributed by atoms with E-state index in [1.165, 1.54) is 11.2 Å². The molecule has 0 aliphatic rings. The van der Waals surface area contributed by atoms with Crippen LogP contribution in [0, 0.1) is 13.8 Å². The topological polar surface area (TPSA) is 84.3 Å². The fourth-order valence-electron chi connectivity index (χ4n) is 2.28. The zero-order valence-electron chi connectivity index (χ0n) is 13.4. The number of benzene rings is 1. The summed E-state index contributed by atoms with van der Waals surface area (Å²) in [7, 11) is 0. The third-order valence-electron chi connectivity index (χ3n) is 3.66. The third kappa shape index (κ3) is 3.22. The molecule has 6 nitrogen and oxygen atoms in total. The van der Waals surface area contributed by atoms with Crippen LogP contribution in [-0.2, 0) is 0 Å². The molecule has 0 atom stereocenters. The Morgan fingerprint density at radius 2 is 2.00 bits per heavy atom. The summed E-state index contributed by atoms with van der Waals surface area (Å²) in [5, 5.41) is 12.3. The van der Waals surface area contributed by atoms with Crippen molar-refractivity contribution in [3.05, 3.63) is 46.6 Å². The third-order valence-corrected chi connectivity index (χ3v) is 4.77. The van der Waals surface area contributed by atoms with Crippen LogP contribution in [0.3, 0.4) is 0 Å². The molecule has 124 valence electrons. The van der Waals surface area contributed by atoms with E-state index in [9.17, 15) is 4.79 Å². The lowest BCUT2D eigenvalue weighted by molar-refractivity contribution is 0.0945. The summed E-state index contributed by atoms with van der Waals surface area (Å²) >= 11 is 1.61. The van der Waals surface area contributed by atoms with Gasteiger partial charge in [-0.1, -0.05) is 0 Å². The lowest BCUT2D eigenvalue weighted by atomic mass is 10.2. The van der Waals surface area contributed by atoms with Crippen molar-refractivity contribution in [2.24, 2.45) is 0 Å². The quantitative estimate of drug-likeness (QED) is 0.744. The number of nitrogens with one attached hydrogen (secondary N) is 1. The number of carbonyl (C=O) groups excluding carboxylic acids is 1. The molecule has 2 N–H and O–H groups in total. The summed E-state index contributed by atoms with van der Waals surface area (Å²) in [4.78, 5) is 22.4. The lowest BCUT2D eigenvalue weighted by Crippen LogP contribution is -2.26. The zero-order valence-corrected chi connectivity index (χ0v) is 14.2. The number of nitrogens with zero attached hydrogens (tertiary/aromatic N) is 2. The molecule has 0 spiro atoms. The number of fused-ring (bicyclic) bond motifs is 1. The zero-order chi connectivity index (χ0) is 17.1. The van der Waals surface area contributed by atoms with Crippen LogP contribution in [0.1, 0.15) is 20.8 Å². The summed E-state index contributed by atoms with van der Waals surface area (Å²) in [6.07, 6.45) is 1.49. The number of aryl methyl sites for hydroxylation is 2. The molecule has 2 heterocycles. The van der Waals surface area contributed by atoms with E-state index in [4.69, 9.17) is 9.84 Å². The average molecular weight is 343 g/mol. The maximum absolute atomic E-state index is 11.8. The largest absolute Gasteiger partial charge is 0.438 e. The smallest absolute Gasteiger partial charge is 0.251 e. The van der Waals surface area contributed by atoms with Gasteiger partial charge in [0.2, 0.25) is 5.88 Å². The van der Waals surface area contributed by atoms with Crippen molar-refractivity contribution < 1.29 is 14.6 Å². The summed E-state index contributed by atoms with van der Waals surface area (Å²) in [6, 6.07) is 6.78. The first-order valence-electron chi connectivity index (χ1n) is 7.48. The SMILES string of the molecule is Cc1sc2ncnc(Oc3ccc(C(=O)NCCO)cc3)c2c1C. The fraction of sp³-hybridized carbons (Fsp3) is 0.235. The number of rotatable bonds is 5. The van der Waals surface area contributed by atoms with Gasteiger partial charge in [0.15, 0.2) is 0 Å². The number of aromatic nitrogens is 2. The Morgan fingerprint density at radius 1 is 1.25 bits per heavy atom. The van der Waals surface area contributed by atoms with Gasteiger partial charge < -0.3 is 15.2 Å². The van der Waals surface area contributed by atoms with Gasteiger partial charge in [-0.15, -0.1) is 11.3 Å². The van der Waals surface area contributed by atoms with E-state index in [2.05, 4.69) is 15.3 Å². The summed E-state index contributed by atoms with van der Waals surface area (Å²) < 4.78 is 5.89. The summed E-state index contributed by atoms with van der Waals surface area (Å²) in [5.74, 6) is 0.876. The van der Waals surface area contributed by atoms with Crippen LogP contribution in [0.15, 0.2) is 30.6 Å². The molecule has 0 radical (unpaired) electrons. The highest BCUT2D eigenvalue weighted by molar-refractivity contribution is 7.18. The highest BCUT2D eigenvalue weighted by Crippen LogP contribution is 2.35. The molecular weight excluding hydrogens is 326 g/mol. The number of hydrogen-bond donors (Lipinski definition) is 2. The number of aliphatic hydroxyl groups excluding tert-OH is 1. The van der Waals surface area contributed by atoms with Crippen LogP contribution in [0.2, 0.25) is 0 Å². The molecule has 1 aromatic carbocycles. The fourth-order valence-corrected chi connectivity index (χ4v) is 3.27. The minimum absolute atomic E-state index is 0.0872. The first-order valence-corrected chi connectivity index (χ1v) is 8.29. The predicted octanol–water partition coefficient (Wildman–Crippen LogP) is 2.82. The van der Waals surface area contributed by atoms with Crippen LogP contribution < -0.4 is 10.1 Å². The number of ether oxygens (including phenoxy) is 1. The molecular formula is C17H17N3O3S. The Morgan fingerprint density at radius 3 is 2.71 bits per heavy atom. The van der Waals surface area contributed by atoms with Crippen molar-refractivity contribution in [3.63, 3.8) is 0 Å². The Labute approximate surface area is 143 Å². The summed E-state index contributed by atoms with van der Waals surface area (Å²) in [5.41, 5.74) is 1.62. The van der Waals surface area contributed by atoms with Crippen LogP contribution in [-0.4, -0.2) is 34.1 Å². The van der Waals surface area contributed by atoms with Gasteiger partial charge in [-0.3, -0.25) is 4.79 Å². The van der Waals surface area contributed by atoms with Gasteiger partial charge in [0.05, 0.1) is 12.0 Å². The molecule has 0 aliphatic heterocycles. The molecule has 1 amide bonds. The first kappa shape index (κ1) is 16.4. The van der Waals surface area contributed by atoms with E-state index in [1.54, 1.807) is 35.6 Å². The van der Waals surface area contributed by atoms with Gasteiger partial charge in [0.25, 0.3) is 5.91 Å². The van der Waals surface area contributed by atoms with Crippen LogP contribution in [0.4, 0.5) is 0 Å². The molecule has 0 bridgehead atoms. The van der Waals surface area contributed by atoms with Crippen molar-refractivity contribution in [3.8, 4) is 11.6 Å². The van der Waals surface area contributed by atoms with E-state index < -0.39 is 0 Å². The summed E-state index contributed by atoms with van der Waals surface area (Å²) in [6.45, 7) is 4.22.